The minimum atomic E-state index is -0.268. The van der Waals surface area contributed by atoms with Crippen LogP contribution in [0.4, 0.5) is 4.39 Å². The van der Waals surface area contributed by atoms with Crippen LogP contribution < -0.4 is 0 Å². The molecule has 0 amide bonds. The average Bonchev–Trinajstić information content (AvgIpc) is 2.67. The minimum absolute atomic E-state index is 0.268. The van der Waals surface area contributed by atoms with Gasteiger partial charge in [0, 0.05) is 5.69 Å². The molecule has 0 aliphatic heterocycles. The number of carbonyl (C=O) groups is 1. The van der Waals surface area contributed by atoms with Crippen LogP contribution in [0.2, 0.25) is 0 Å². The normalized spacial score (nSPS) is 10.1. The van der Waals surface area contributed by atoms with Gasteiger partial charge in [-0.05, 0) is 42.0 Å². The summed E-state index contributed by atoms with van der Waals surface area (Å²) in [6, 6.07) is 9.57. The molecule has 1 aromatic carbocycles. The molecule has 0 spiro atoms. The molecule has 0 bridgehead atoms. The Kier molecular flexibility index (Phi) is 2.14. The fraction of sp³-hybridized carbons (Fsp3) is 0. The van der Waals surface area contributed by atoms with E-state index in [9.17, 15) is 9.18 Å². The zero-order chi connectivity index (χ0) is 9.97. The van der Waals surface area contributed by atoms with Crippen molar-refractivity contribution in [3.8, 4) is 11.3 Å². The van der Waals surface area contributed by atoms with E-state index in [1.165, 1.54) is 12.1 Å². The molecule has 2 rings (SSSR count). The Morgan fingerprint density at radius 2 is 1.79 bits per heavy atom. The Balaban J connectivity index is 2.39. The first-order chi connectivity index (χ1) is 6.79. The molecule has 1 N–H and O–H groups in total. The van der Waals surface area contributed by atoms with Crippen LogP contribution in [0, 0.1) is 5.82 Å². The van der Waals surface area contributed by atoms with Gasteiger partial charge in [0.25, 0.3) is 0 Å². The molecule has 0 fully saturated rings. The molecule has 2 nitrogen and oxygen atoms in total. The molecule has 0 saturated heterocycles. The van der Waals surface area contributed by atoms with Gasteiger partial charge in [-0.1, -0.05) is 0 Å². The topological polar surface area (TPSA) is 32.9 Å². The van der Waals surface area contributed by atoms with Crippen LogP contribution in [0.15, 0.2) is 36.4 Å². The molecular formula is C11H8FNO. The molecule has 0 unspecified atom stereocenters. The summed E-state index contributed by atoms with van der Waals surface area (Å²) in [6.45, 7) is 0. The Labute approximate surface area is 80.4 Å². The van der Waals surface area contributed by atoms with E-state index in [4.69, 9.17) is 0 Å². The third-order valence-electron chi connectivity index (χ3n) is 1.99. The van der Waals surface area contributed by atoms with Crippen molar-refractivity contribution >= 4 is 6.29 Å². The third kappa shape index (κ3) is 1.57. The van der Waals surface area contributed by atoms with Crippen LogP contribution in [0.1, 0.15) is 10.5 Å². The molecule has 3 heteroatoms. The van der Waals surface area contributed by atoms with E-state index < -0.39 is 0 Å². The van der Waals surface area contributed by atoms with Crippen molar-refractivity contribution < 1.29 is 9.18 Å². The maximum absolute atomic E-state index is 12.6. The van der Waals surface area contributed by atoms with Crippen molar-refractivity contribution in [3.63, 3.8) is 0 Å². The lowest BCUT2D eigenvalue weighted by atomic mass is 10.1. The van der Waals surface area contributed by atoms with E-state index in [2.05, 4.69) is 4.98 Å². The van der Waals surface area contributed by atoms with Gasteiger partial charge >= 0.3 is 0 Å². The summed E-state index contributed by atoms with van der Waals surface area (Å²) in [7, 11) is 0. The Morgan fingerprint density at radius 1 is 1.07 bits per heavy atom. The molecule has 14 heavy (non-hydrogen) atoms. The number of hydrogen-bond acceptors (Lipinski definition) is 1. The standard InChI is InChI=1S/C11H8FNO/c12-9-3-1-8(2-4-9)11-6-5-10(7-14)13-11/h1-7,13H. The highest BCUT2D eigenvalue weighted by molar-refractivity contribution is 5.75. The third-order valence-corrected chi connectivity index (χ3v) is 1.99. The van der Waals surface area contributed by atoms with E-state index in [0.717, 1.165) is 17.5 Å². The molecule has 0 atom stereocenters. The van der Waals surface area contributed by atoms with E-state index in [0.29, 0.717) is 5.69 Å². The summed E-state index contributed by atoms with van der Waals surface area (Å²) in [6.07, 6.45) is 0.743. The van der Waals surface area contributed by atoms with Crippen molar-refractivity contribution in [2.24, 2.45) is 0 Å². The van der Waals surface area contributed by atoms with E-state index in [1.54, 1.807) is 24.3 Å². The second-order valence-electron chi connectivity index (χ2n) is 2.95. The quantitative estimate of drug-likeness (QED) is 0.724. The summed E-state index contributed by atoms with van der Waals surface area (Å²) in [5.74, 6) is -0.268. The highest BCUT2D eigenvalue weighted by Gasteiger charge is 2.00. The lowest BCUT2D eigenvalue weighted by Crippen LogP contribution is -1.81. The maximum Gasteiger partial charge on any atom is 0.166 e. The van der Waals surface area contributed by atoms with Crippen molar-refractivity contribution in [2.45, 2.75) is 0 Å². The first-order valence-corrected chi connectivity index (χ1v) is 4.20. The zero-order valence-corrected chi connectivity index (χ0v) is 7.33. The molecule has 1 aromatic heterocycles. The average molecular weight is 189 g/mol. The fourth-order valence-corrected chi connectivity index (χ4v) is 1.28. The number of carbonyl (C=O) groups excluding carboxylic acids is 1. The number of aromatic nitrogens is 1. The van der Waals surface area contributed by atoms with Crippen LogP contribution in [0.5, 0.6) is 0 Å². The van der Waals surface area contributed by atoms with E-state index in [-0.39, 0.29) is 5.82 Å². The van der Waals surface area contributed by atoms with Crippen molar-refractivity contribution in [1.29, 1.82) is 0 Å². The molecule has 0 aliphatic carbocycles. The van der Waals surface area contributed by atoms with Gasteiger partial charge in [-0.3, -0.25) is 4.79 Å². The van der Waals surface area contributed by atoms with Crippen molar-refractivity contribution in [3.05, 3.63) is 47.9 Å². The van der Waals surface area contributed by atoms with Crippen molar-refractivity contribution in [2.75, 3.05) is 0 Å². The summed E-state index contributed by atoms with van der Waals surface area (Å²) >= 11 is 0. The summed E-state index contributed by atoms with van der Waals surface area (Å²) in [5, 5.41) is 0. The number of halogens is 1. The first kappa shape index (κ1) is 8.69. The SMILES string of the molecule is O=Cc1ccc(-c2ccc(F)cc2)[nH]1. The predicted molar refractivity (Wildman–Crippen MR) is 51.6 cm³/mol. The number of rotatable bonds is 2. The van der Waals surface area contributed by atoms with E-state index in [1.807, 2.05) is 0 Å². The smallest absolute Gasteiger partial charge is 0.166 e. The summed E-state index contributed by atoms with van der Waals surface area (Å²) in [5.41, 5.74) is 2.19. The molecule has 2 aromatic rings. The largest absolute Gasteiger partial charge is 0.352 e. The van der Waals surface area contributed by atoms with Crippen LogP contribution in [-0.4, -0.2) is 11.3 Å². The minimum Gasteiger partial charge on any atom is -0.352 e. The van der Waals surface area contributed by atoms with E-state index >= 15 is 0 Å². The molecule has 0 radical (unpaired) electrons. The van der Waals surface area contributed by atoms with Gasteiger partial charge < -0.3 is 4.98 Å². The zero-order valence-electron chi connectivity index (χ0n) is 7.33. The van der Waals surface area contributed by atoms with Crippen molar-refractivity contribution in [1.82, 2.24) is 4.98 Å². The Hall–Kier alpha value is -1.90. The van der Waals surface area contributed by atoms with Gasteiger partial charge in [-0.15, -0.1) is 0 Å². The molecule has 70 valence electrons. The van der Waals surface area contributed by atoms with Gasteiger partial charge in [0.15, 0.2) is 6.29 Å². The molecule has 0 saturated carbocycles. The van der Waals surface area contributed by atoms with Crippen LogP contribution in [0.25, 0.3) is 11.3 Å². The monoisotopic (exact) mass is 189 g/mol. The number of hydrogen-bond donors (Lipinski definition) is 1. The number of aldehydes is 1. The molecule has 0 aliphatic rings. The summed E-state index contributed by atoms with van der Waals surface area (Å²) < 4.78 is 12.6. The van der Waals surface area contributed by atoms with Crippen LogP contribution in [0.3, 0.4) is 0 Å². The predicted octanol–water partition coefficient (Wildman–Crippen LogP) is 2.63. The van der Waals surface area contributed by atoms with Crippen LogP contribution >= 0.6 is 0 Å². The molecule has 1 heterocycles. The molecular weight excluding hydrogens is 181 g/mol. The first-order valence-electron chi connectivity index (χ1n) is 4.20. The number of nitrogens with one attached hydrogen (secondary N) is 1. The van der Waals surface area contributed by atoms with Gasteiger partial charge in [-0.2, -0.15) is 0 Å². The lowest BCUT2D eigenvalue weighted by molar-refractivity contribution is 0.111. The van der Waals surface area contributed by atoms with Gasteiger partial charge in [0.1, 0.15) is 5.82 Å². The highest BCUT2D eigenvalue weighted by Crippen LogP contribution is 2.18. The Morgan fingerprint density at radius 3 is 2.36 bits per heavy atom. The summed E-state index contributed by atoms with van der Waals surface area (Å²) in [4.78, 5) is 13.3. The second kappa shape index (κ2) is 3.46. The van der Waals surface area contributed by atoms with Gasteiger partial charge in [-0.25, -0.2) is 4.39 Å². The highest BCUT2D eigenvalue weighted by atomic mass is 19.1. The maximum atomic E-state index is 12.6. The second-order valence-corrected chi connectivity index (χ2v) is 2.95. The number of benzene rings is 1. The van der Waals surface area contributed by atoms with Gasteiger partial charge in [0.2, 0.25) is 0 Å². The number of H-pyrrole nitrogens is 1. The number of aromatic amines is 1. The Bertz CT molecular complexity index is 445. The fourth-order valence-electron chi connectivity index (χ4n) is 1.28. The van der Waals surface area contributed by atoms with Gasteiger partial charge in [0.05, 0.1) is 5.69 Å². The lowest BCUT2D eigenvalue weighted by Gasteiger charge is -1.96. The van der Waals surface area contributed by atoms with Crippen LogP contribution in [-0.2, 0) is 0 Å².